The van der Waals surface area contributed by atoms with Crippen molar-refractivity contribution in [1.29, 1.82) is 0 Å². The van der Waals surface area contributed by atoms with Crippen molar-refractivity contribution < 1.29 is 14.3 Å². The third kappa shape index (κ3) is 3.04. The summed E-state index contributed by atoms with van der Waals surface area (Å²) in [5.41, 5.74) is -0.405. The van der Waals surface area contributed by atoms with E-state index in [0.717, 1.165) is 0 Å². The summed E-state index contributed by atoms with van der Waals surface area (Å²) in [6.45, 7) is 6.96. The van der Waals surface area contributed by atoms with Crippen LogP contribution in [0.5, 0.6) is 0 Å². The summed E-state index contributed by atoms with van der Waals surface area (Å²) in [5, 5.41) is 2.78. The fourth-order valence-corrected chi connectivity index (χ4v) is 2.18. The number of ketones is 1. The maximum atomic E-state index is 12.2. The lowest BCUT2D eigenvalue weighted by molar-refractivity contribution is -0.137. The molecule has 0 aliphatic carbocycles. The van der Waals surface area contributed by atoms with Crippen LogP contribution in [-0.4, -0.2) is 31.4 Å². The van der Waals surface area contributed by atoms with Crippen molar-refractivity contribution in [3.05, 3.63) is 0 Å². The molecule has 1 N–H and O–H groups in total. The molecule has 4 nitrogen and oxygen atoms in total. The van der Waals surface area contributed by atoms with Crippen LogP contribution in [0.3, 0.4) is 0 Å². The van der Waals surface area contributed by atoms with Crippen molar-refractivity contribution >= 4 is 11.7 Å². The standard InChI is InChI=1S/C12H21NO3/c1-9(2)11(15)12(8-13-10(3)14)4-6-16-7-5-12/h9H,4-8H2,1-3H3,(H,13,14). The zero-order valence-corrected chi connectivity index (χ0v) is 10.3. The van der Waals surface area contributed by atoms with Gasteiger partial charge in [0.25, 0.3) is 0 Å². The molecule has 0 aromatic rings. The predicted octanol–water partition coefficient (Wildman–Crippen LogP) is 1.14. The van der Waals surface area contributed by atoms with Crippen molar-refractivity contribution in [3.63, 3.8) is 0 Å². The molecule has 1 aliphatic rings. The van der Waals surface area contributed by atoms with Crippen molar-refractivity contribution in [2.75, 3.05) is 19.8 Å². The van der Waals surface area contributed by atoms with E-state index in [1.54, 1.807) is 0 Å². The molecular formula is C12H21NO3. The van der Waals surface area contributed by atoms with E-state index in [2.05, 4.69) is 5.32 Å². The minimum absolute atomic E-state index is 0.00635. The number of rotatable bonds is 4. The van der Waals surface area contributed by atoms with E-state index in [0.29, 0.717) is 32.6 Å². The third-order valence-corrected chi connectivity index (χ3v) is 3.17. The number of amides is 1. The Balaban J connectivity index is 2.74. The number of ether oxygens (including phenoxy) is 1. The van der Waals surface area contributed by atoms with Gasteiger partial charge in [0.1, 0.15) is 5.78 Å². The highest BCUT2D eigenvalue weighted by Crippen LogP contribution is 2.33. The Morgan fingerprint density at radius 3 is 2.31 bits per heavy atom. The number of nitrogens with one attached hydrogen (secondary N) is 1. The Morgan fingerprint density at radius 1 is 1.31 bits per heavy atom. The Labute approximate surface area is 96.7 Å². The molecule has 0 bridgehead atoms. The fraction of sp³-hybridized carbons (Fsp3) is 0.833. The first-order valence-corrected chi connectivity index (χ1v) is 5.84. The van der Waals surface area contributed by atoms with E-state index in [-0.39, 0.29) is 17.6 Å². The highest BCUT2D eigenvalue weighted by molar-refractivity contribution is 5.87. The Bertz CT molecular complexity index is 267. The molecule has 1 aliphatic heterocycles. The lowest BCUT2D eigenvalue weighted by atomic mass is 9.73. The van der Waals surface area contributed by atoms with E-state index < -0.39 is 5.41 Å². The Kier molecular flexibility index (Phi) is 4.47. The van der Waals surface area contributed by atoms with Crippen LogP contribution in [0.1, 0.15) is 33.6 Å². The number of carbonyl (C=O) groups excluding carboxylic acids is 2. The second-order valence-corrected chi connectivity index (χ2v) is 4.82. The SMILES string of the molecule is CC(=O)NCC1(C(=O)C(C)C)CCOCC1. The Morgan fingerprint density at radius 2 is 1.88 bits per heavy atom. The average molecular weight is 227 g/mol. The molecule has 1 rings (SSSR count). The average Bonchev–Trinajstić information content (AvgIpc) is 2.26. The second-order valence-electron chi connectivity index (χ2n) is 4.82. The molecule has 1 fully saturated rings. The van der Waals surface area contributed by atoms with Gasteiger partial charge in [-0.3, -0.25) is 9.59 Å². The first-order valence-electron chi connectivity index (χ1n) is 5.84. The molecule has 1 amide bonds. The highest BCUT2D eigenvalue weighted by Gasteiger charge is 2.40. The quantitative estimate of drug-likeness (QED) is 0.783. The molecule has 0 atom stereocenters. The minimum Gasteiger partial charge on any atom is -0.381 e. The number of hydrogen-bond donors (Lipinski definition) is 1. The highest BCUT2D eigenvalue weighted by atomic mass is 16.5. The molecule has 0 saturated carbocycles. The van der Waals surface area contributed by atoms with Gasteiger partial charge in [-0.2, -0.15) is 0 Å². The van der Waals surface area contributed by atoms with Gasteiger partial charge in [-0.05, 0) is 12.8 Å². The van der Waals surface area contributed by atoms with Crippen molar-refractivity contribution in [1.82, 2.24) is 5.32 Å². The van der Waals surface area contributed by atoms with Gasteiger partial charge in [0.05, 0.1) is 5.41 Å². The number of carbonyl (C=O) groups is 2. The molecule has 0 unspecified atom stereocenters. The fourth-order valence-electron chi connectivity index (χ4n) is 2.18. The van der Waals surface area contributed by atoms with E-state index in [1.807, 2.05) is 13.8 Å². The molecule has 92 valence electrons. The molecule has 0 aromatic carbocycles. The first kappa shape index (κ1) is 13.2. The monoisotopic (exact) mass is 227 g/mol. The molecule has 4 heteroatoms. The van der Waals surface area contributed by atoms with Crippen molar-refractivity contribution in [2.45, 2.75) is 33.6 Å². The van der Waals surface area contributed by atoms with Gasteiger partial charge in [-0.25, -0.2) is 0 Å². The van der Waals surface area contributed by atoms with Gasteiger partial charge in [-0.15, -0.1) is 0 Å². The third-order valence-electron chi connectivity index (χ3n) is 3.17. The summed E-state index contributed by atoms with van der Waals surface area (Å²) >= 11 is 0. The van der Waals surface area contributed by atoms with Crippen LogP contribution in [-0.2, 0) is 14.3 Å². The summed E-state index contributed by atoms with van der Waals surface area (Å²) in [5.74, 6) is 0.166. The summed E-state index contributed by atoms with van der Waals surface area (Å²) in [6, 6.07) is 0. The lowest BCUT2D eigenvalue weighted by Crippen LogP contribution is -2.47. The summed E-state index contributed by atoms with van der Waals surface area (Å²) in [4.78, 5) is 23.2. The van der Waals surface area contributed by atoms with E-state index in [1.165, 1.54) is 6.92 Å². The zero-order chi connectivity index (χ0) is 12.2. The van der Waals surface area contributed by atoms with Crippen LogP contribution >= 0.6 is 0 Å². The summed E-state index contributed by atoms with van der Waals surface area (Å²) in [6.07, 6.45) is 1.43. The van der Waals surface area contributed by atoms with Crippen LogP contribution in [0, 0.1) is 11.3 Å². The minimum atomic E-state index is -0.405. The van der Waals surface area contributed by atoms with Crippen LogP contribution < -0.4 is 5.32 Å². The number of hydrogen-bond acceptors (Lipinski definition) is 3. The summed E-state index contributed by atoms with van der Waals surface area (Å²) < 4.78 is 5.30. The van der Waals surface area contributed by atoms with Gasteiger partial charge in [-0.1, -0.05) is 13.8 Å². The van der Waals surface area contributed by atoms with Crippen molar-refractivity contribution in [2.24, 2.45) is 11.3 Å². The zero-order valence-electron chi connectivity index (χ0n) is 10.3. The van der Waals surface area contributed by atoms with E-state index in [4.69, 9.17) is 4.74 Å². The normalized spacial score (nSPS) is 19.5. The maximum absolute atomic E-state index is 12.2. The van der Waals surface area contributed by atoms with E-state index in [9.17, 15) is 9.59 Å². The van der Waals surface area contributed by atoms with Gasteiger partial charge < -0.3 is 10.1 Å². The van der Waals surface area contributed by atoms with Gasteiger partial charge >= 0.3 is 0 Å². The number of Topliss-reactive ketones (excluding diaryl/α,β-unsaturated/α-hetero) is 1. The molecule has 1 heterocycles. The second kappa shape index (κ2) is 5.43. The van der Waals surface area contributed by atoms with E-state index >= 15 is 0 Å². The van der Waals surface area contributed by atoms with Crippen LogP contribution in [0.2, 0.25) is 0 Å². The topological polar surface area (TPSA) is 55.4 Å². The Hall–Kier alpha value is -0.900. The lowest BCUT2D eigenvalue weighted by Gasteiger charge is -2.37. The van der Waals surface area contributed by atoms with Crippen LogP contribution in [0.25, 0.3) is 0 Å². The molecule has 1 saturated heterocycles. The van der Waals surface area contributed by atoms with Crippen LogP contribution in [0.15, 0.2) is 0 Å². The molecule has 0 spiro atoms. The van der Waals surface area contributed by atoms with Gasteiger partial charge in [0, 0.05) is 32.6 Å². The van der Waals surface area contributed by atoms with Gasteiger partial charge in [0.2, 0.25) is 5.91 Å². The van der Waals surface area contributed by atoms with Crippen LogP contribution in [0.4, 0.5) is 0 Å². The molecule has 16 heavy (non-hydrogen) atoms. The van der Waals surface area contributed by atoms with Gasteiger partial charge in [0.15, 0.2) is 0 Å². The molecule has 0 radical (unpaired) electrons. The first-order chi connectivity index (χ1) is 7.48. The molecular weight excluding hydrogens is 206 g/mol. The maximum Gasteiger partial charge on any atom is 0.216 e. The summed E-state index contributed by atoms with van der Waals surface area (Å²) in [7, 11) is 0. The predicted molar refractivity (Wildman–Crippen MR) is 61.0 cm³/mol. The molecule has 0 aromatic heterocycles. The smallest absolute Gasteiger partial charge is 0.216 e. The van der Waals surface area contributed by atoms with Crippen molar-refractivity contribution in [3.8, 4) is 0 Å². The largest absolute Gasteiger partial charge is 0.381 e.